The van der Waals surface area contributed by atoms with E-state index in [-0.39, 0.29) is 11.5 Å². The summed E-state index contributed by atoms with van der Waals surface area (Å²) >= 11 is 0. The molecular weight excluding hydrogens is 264 g/mol. The van der Waals surface area contributed by atoms with Gasteiger partial charge in [-0.2, -0.15) is 0 Å². The first-order chi connectivity index (χ1) is 9.82. The average Bonchev–Trinajstić information content (AvgIpc) is 2.83. The van der Waals surface area contributed by atoms with Crippen molar-refractivity contribution < 1.29 is 4.74 Å². The molecule has 0 spiro atoms. The summed E-state index contributed by atoms with van der Waals surface area (Å²) in [6.45, 7) is 12.3. The van der Waals surface area contributed by atoms with E-state index < -0.39 is 0 Å². The standard InChI is InChI=1S/C16H28N4O/c1-7-17-13-10-14(19-15(18-13)16(3,4)5)20(6)12-8-9-21-11(12)2/h10-12H,7-9H2,1-6H3,(H,17,18,19). The van der Waals surface area contributed by atoms with Crippen LogP contribution in [0.15, 0.2) is 6.07 Å². The number of hydrogen-bond donors (Lipinski definition) is 1. The van der Waals surface area contributed by atoms with Crippen molar-refractivity contribution in [2.24, 2.45) is 0 Å². The van der Waals surface area contributed by atoms with E-state index in [9.17, 15) is 0 Å². The minimum atomic E-state index is -0.0706. The summed E-state index contributed by atoms with van der Waals surface area (Å²) in [5.74, 6) is 2.73. The normalized spacial score (nSPS) is 22.4. The zero-order valence-electron chi connectivity index (χ0n) is 14.1. The summed E-state index contributed by atoms with van der Waals surface area (Å²) in [7, 11) is 2.10. The first-order valence-corrected chi connectivity index (χ1v) is 7.80. The Morgan fingerprint density at radius 3 is 2.62 bits per heavy atom. The number of ether oxygens (including phenoxy) is 1. The lowest BCUT2D eigenvalue weighted by Crippen LogP contribution is -2.37. The van der Waals surface area contributed by atoms with E-state index in [4.69, 9.17) is 9.72 Å². The highest BCUT2D eigenvalue weighted by Gasteiger charge is 2.30. The van der Waals surface area contributed by atoms with Crippen molar-refractivity contribution in [2.45, 2.75) is 58.6 Å². The van der Waals surface area contributed by atoms with Gasteiger partial charge < -0.3 is 15.0 Å². The Morgan fingerprint density at radius 1 is 1.38 bits per heavy atom. The van der Waals surface area contributed by atoms with E-state index in [1.165, 1.54) is 0 Å². The number of likely N-dealkylation sites (N-methyl/N-ethyl adjacent to an activating group) is 1. The average molecular weight is 292 g/mol. The molecule has 1 aromatic heterocycles. The third-order valence-corrected chi connectivity index (χ3v) is 3.94. The van der Waals surface area contributed by atoms with Crippen LogP contribution in [0.25, 0.3) is 0 Å². The van der Waals surface area contributed by atoms with Crippen LogP contribution in [-0.4, -0.2) is 42.3 Å². The quantitative estimate of drug-likeness (QED) is 0.925. The molecule has 1 N–H and O–H groups in total. The van der Waals surface area contributed by atoms with E-state index in [1.807, 2.05) is 6.07 Å². The van der Waals surface area contributed by atoms with Crippen molar-refractivity contribution in [1.82, 2.24) is 9.97 Å². The van der Waals surface area contributed by atoms with Crippen molar-refractivity contribution in [3.8, 4) is 0 Å². The highest BCUT2D eigenvalue weighted by molar-refractivity contribution is 5.50. The van der Waals surface area contributed by atoms with Gasteiger partial charge in [-0.05, 0) is 20.3 Å². The molecule has 1 aliphatic rings. The predicted molar refractivity (Wildman–Crippen MR) is 87.1 cm³/mol. The zero-order valence-corrected chi connectivity index (χ0v) is 14.1. The Kier molecular flexibility index (Phi) is 4.71. The molecule has 2 heterocycles. The molecule has 0 bridgehead atoms. The molecule has 1 fully saturated rings. The van der Waals surface area contributed by atoms with Gasteiger partial charge in [0.05, 0.1) is 12.1 Å². The number of nitrogens with one attached hydrogen (secondary N) is 1. The maximum absolute atomic E-state index is 5.68. The molecule has 1 aliphatic heterocycles. The summed E-state index contributed by atoms with van der Waals surface area (Å²) in [4.78, 5) is 11.7. The number of rotatable bonds is 4. The lowest BCUT2D eigenvalue weighted by Gasteiger charge is -2.29. The molecule has 1 aromatic rings. The Labute approximate surface area is 128 Å². The van der Waals surface area contributed by atoms with Gasteiger partial charge in [-0.15, -0.1) is 0 Å². The molecule has 0 aliphatic carbocycles. The molecular formula is C16H28N4O. The monoisotopic (exact) mass is 292 g/mol. The Bertz CT molecular complexity index is 484. The van der Waals surface area contributed by atoms with Crippen LogP contribution in [0.3, 0.4) is 0 Å². The van der Waals surface area contributed by atoms with Gasteiger partial charge in [0.2, 0.25) is 0 Å². The lowest BCUT2D eigenvalue weighted by molar-refractivity contribution is 0.118. The van der Waals surface area contributed by atoms with Crippen molar-refractivity contribution >= 4 is 11.6 Å². The zero-order chi connectivity index (χ0) is 15.6. The van der Waals surface area contributed by atoms with Crippen molar-refractivity contribution in [2.75, 3.05) is 30.4 Å². The minimum absolute atomic E-state index is 0.0706. The largest absolute Gasteiger partial charge is 0.376 e. The smallest absolute Gasteiger partial charge is 0.138 e. The topological polar surface area (TPSA) is 50.3 Å². The van der Waals surface area contributed by atoms with E-state index in [1.54, 1.807) is 0 Å². The van der Waals surface area contributed by atoms with Crippen LogP contribution in [0, 0.1) is 0 Å². The summed E-state index contributed by atoms with van der Waals surface area (Å²) in [6.07, 6.45) is 1.29. The number of aromatic nitrogens is 2. The molecule has 0 radical (unpaired) electrons. The fraction of sp³-hybridized carbons (Fsp3) is 0.750. The van der Waals surface area contributed by atoms with Gasteiger partial charge in [0.1, 0.15) is 17.5 Å². The van der Waals surface area contributed by atoms with E-state index in [0.717, 1.165) is 37.0 Å². The van der Waals surface area contributed by atoms with Gasteiger partial charge in [0, 0.05) is 31.7 Å². The molecule has 0 saturated carbocycles. The summed E-state index contributed by atoms with van der Waals surface area (Å²) in [5.41, 5.74) is -0.0706. The van der Waals surface area contributed by atoms with Gasteiger partial charge in [-0.3, -0.25) is 0 Å². The van der Waals surface area contributed by atoms with Gasteiger partial charge in [0.15, 0.2) is 0 Å². The fourth-order valence-corrected chi connectivity index (χ4v) is 2.62. The maximum Gasteiger partial charge on any atom is 0.138 e. The molecule has 2 atom stereocenters. The second-order valence-electron chi connectivity index (χ2n) is 6.76. The van der Waals surface area contributed by atoms with Gasteiger partial charge >= 0.3 is 0 Å². The van der Waals surface area contributed by atoms with Gasteiger partial charge in [0.25, 0.3) is 0 Å². The van der Waals surface area contributed by atoms with Crippen molar-refractivity contribution in [1.29, 1.82) is 0 Å². The summed E-state index contributed by atoms with van der Waals surface area (Å²) in [6, 6.07) is 2.41. The predicted octanol–water partition coefficient (Wildman–Crippen LogP) is 2.82. The Balaban J connectivity index is 2.35. The van der Waals surface area contributed by atoms with Crippen LogP contribution in [0.1, 0.15) is 46.9 Å². The third-order valence-electron chi connectivity index (χ3n) is 3.94. The van der Waals surface area contributed by atoms with Crippen molar-refractivity contribution in [3.05, 3.63) is 11.9 Å². The number of hydrogen-bond acceptors (Lipinski definition) is 5. The molecule has 21 heavy (non-hydrogen) atoms. The Morgan fingerprint density at radius 2 is 2.10 bits per heavy atom. The van der Waals surface area contributed by atoms with Crippen LogP contribution in [0.5, 0.6) is 0 Å². The molecule has 1 saturated heterocycles. The van der Waals surface area contributed by atoms with Crippen LogP contribution in [0.4, 0.5) is 11.6 Å². The lowest BCUT2D eigenvalue weighted by atomic mass is 9.95. The molecule has 2 rings (SSSR count). The van der Waals surface area contributed by atoms with Crippen LogP contribution in [0.2, 0.25) is 0 Å². The molecule has 118 valence electrons. The second-order valence-corrected chi connectivity index (χ2v) is 6.76. The van der Waals surface area contributed by atoms with E-state index >= 15 is 0 Å². The van der Waals surface area contributed by atoms with Crippen molar-refractivity contribution in [3.63, 3.8) is 0 Å². The second kappa shape index (κ2) is 6.18. The van der Waals surface area contributed by atoms with Crippen LogP contribution >= 0.6 is 0 Å². The van der Waals surface area contributed by atoms with Crippen LogP contribution in [-0.2, 0) is 10.2 Å². The minimum Gasteiger partial charge on any atom is -0.376 e. The Hall–Kier alpha value is -1.36. The van der Waals surface area contributed by atoms with E-state index in [2.05, 4.69) is 56.9 Å². The SMILES string of the molecule is CCNc1cc(N(C)C2CCOC2C)nc(C(C)(C)C)n1. The summed E-state index contributed by atoms with van der Waals surface area (Å²) < 4.78 is 5.68. The third kappa shape index (κ3) is 3.64. The molecule has 5 heteroatoms. The maximum atomic E-state index is 5.68. The molecule has 5 nitrogen and oxygen atoms in total. The fourth-order valence-electron chi connectivity index (χ4n) is 2.62. The molecule has 0 aromatic carbocycles. The highest BCUT2D eigenvalue weighted by Crippen LogP contribution is 2.27. The van der Waals surface area contributed by atoms with E-state index in [0.29, 0.717) is 6.04 Å². The highest BCUT2D eigenvalue weighted by atomic mass is 16.5. The van der Waals surface area contributed by atoms with Gasteiger partial charge in [-0.1, -0.05) is 20.8 Å². The summed E-state index contributed by atoms with van der Waals surface area (Å²) in [5, 5.41) is 3.31. The number of nitrogens with zero attached hydrogens (tertiary/aromatic N) is 3. The number of anilines is 2. The first kappa shape index (κ1) is 16.0. The molecule has 2 unspecified atom stereocenters. The van der Waals surface area contributed by atoms with Crippen LogP contribution < -0.4 is 10.2 Å². The van der Waals surface area contributed by atoms with Gasteiger partial charge in [-0.25, -0.2) is 9.97 Å². The first-order valence-electron chi connectivity index (χ1n) is 7.80. The molecule has 0 amide bonds.